The average Bonchev–Trinajstić information content (AvgIpc) is 3.15. The second-order valence-corrected chi connectivity index (χ2v) is 6.23. The van der Waals surface area contributed by atoms with Crippen LogP contribution in [0, 0.1) is 0 Å². The molecule has 7 heteroatoms. The van der Waals surface area contributed by atoms with E-state index < -0.39 is 0 Å². The molecule has 2 amide bonds. The molecule has 24 heavy (non-hydrogen) atoms. The summed E-state index contributed by atoms with van der Waals surface area (Å²) in [6.07, 6.45) is 5.12. The molecule has 2 aromatic heterocycles. The maximum atomic E-state index is 12.4. The fraction of sp³-hybridized carbons (Fsp3) is 0.412. The molecule has 126 valence electrons. The van der Waals surface area contributed by atoms with Gasteiger partial charge in [-0.05, 0) is 31.0 Å². The number of carbonyl (C=O) groups excluding carboxylic acids is 2. The fourth-order valence-corrected chi connectivity index (χ4v) is 2.98. The van der Waals surface area contributed by atoms with E-state index in [1.54, 1.807) is 38.6 Å². The highest BCUT2D eigenvalue weighted by Crippen LogP contribution is 2.26. The molecule has 2 aromatic rings. The van der Waals surface area contributed by atoms with Gasteiger partial charge in [-0.15, -0.1) is 0 Å². The van der Waals surface area contributed by atoms with Crippen LogP contribution in [0.2, 0.25) is 0 Å². The highest BCUT2D eigenvalue weighted by molar-refractivity contribution is 5.93. The third-order valence-corrected chi connectivity index (χ3v) is 4.30. The summed E-state index contributed by atoms with van der Waals surface area (Å²) in [5.74, 6) is 0.0967. The lowest BCUT2D eigenvalue weighted by atomic mass is 9.93. The highest BCUT2D eigenvalue weighted by atomic mass is 16.2. The average molecular weight is 327 g/mol. The highest BCUT2D eigenvalue weighted by Gasteiger charge is 2.27. The summed E-state index contributed by atoms with van der Waals surface area (Å²) in [6, 6.07) is 5.39. The van der Waals surface area contributed by atoms with E-state index in [9.17, 15) is 9.59 Å². The molecule has 0 spiro atoms. The van der Waals surface area contributed by atoms with E-state index >= 15 is 0 Å². The van der Waals surface area contributed by atoms with Crippen LogP contribution in [0.5, 0.6) is 0 Å². The minimum atomic E-state index is -0.0613. The van der Waals surface area contributed by atoms with Crippen LogP contribution in [0.4, 0.5) is 0 Å². The molecule has 0 saturated carbocycles. The number of hydrogen-bond donors (Lipinski definition) is 1. The first-order valence-corrected chi connectivity index (χ1v) is 8.02. The smallest absolute Gasteiger partial charge is 0.271 e. The Morgan fingerprint density at radius 2 is 2.12 bits per heavy atom. The molecule has 0 radical (unpaired) electrons. The minimum absolute atomic E-state index is 0.0309. The zero-order valence-electron chi connectivity index (χ0n) is 13.9. The largest absolute Gasteiger partial charge is 0.345 e. The van der Waals surface area contributed by atoms with Crippen molar-refractivity contribution in [1.29, 1.82) is 0 Å². The fourth-order valence-electron chi connectivity index (χ4n) is 2.98. The van der Waals surface area contributed by atoms with Crippen molar-refractivity contribution in [3.63, 3.8) is 0 Å². The van der Waals surface area contributed by atoms with E-state index in [1.165, 1.54) is 4.90 Å². The number of carbonyl (C=O) groups is 2. The molecule has 7 nitrogen and oxygen atoms in total. The number of amides is 2. The second kappa shape index (κ2) is 6.82. The number of H-pyrrole nitrogens is 1. The molecule has 1 atom stereocenters. The van der Waals surface area contributed by atoms with Crippen molar-refractivity contribution in [3.05, 3.63) is 47.5 Å². The van der Waals surface area contributed by atoms with E-state index in [4.69, 9.17) is 0 Å². The Morgan fingerprint density at radius 1 is 1.29 bits per heavy atom. The Balaban J connectivity index is 1.70. The number of nitrogens with zero attached hydrogens (tertiary/aromatic N) is 4. The molecule has 1 N–H and O–H groups in total. The summed E-state index contributed by atoms with van der Waals surface area (Å²) in [5.41, 5.74) is 2.01. The summed E-state index contributed by atoms with van der Waals surface area (Å²) in [7, 11) is 3.44. The maximum Gasteiger partial charge on any atom is 0.271 e. The number of piperidine rings is 1. The Labute approximate surface area is 140 Å². The number of hydrogen-bond acceptors (Lipinski definition) is 4. The number of nitrogens with one attached hydrogen (secondary N) is 1. The van der Waals surface area contributed by atoms with Gasteiger partial charge in [0, 0.05) is 51.2 Å². The summed E-state index contributed by atoms with van der Waals surface area (Å²) in [5, 5.41) is 6.56. The Hall–Kier alpha value is -2.70. The van der Waals surface area contributed by atoms with Gasteiger partial charge in [0.15, 0.2) is 0 Å². The molecule has 0 bridgehead atoms. The van der Waals surface area contributed by atoms with Gasteiger partial charge in [0.05, 0.1) is 5.56 Å². The molecular formula is C17H21N5O2. The number of aromatic nitrogens is 3. The van der Waals surface area contributed by atoms with Gasteiger partial charge in [-0.2, -0.15) is 5.10 Å². The first-order valence-electron chi connectivity index (χ1n) is 8.02. The Morgan fingerprint density at radius 3 is 2.75 bits per heavy atom. The zero-order valence-corrected chi connectivity index (χ0v) is 13.9. The molecule has 1 aliphatic heterocycles. The van der Waals surface area contributed by atoms with Gasteiger partial charge in [-0.3, -0.25) is 19.7 Å². The van der Waals surface area contributed by atoms with Crippen molar-refractivity contribution in [1.82, 2.24) is 25.0 Å². The van der Waals surface area contributed by atoms with Crippen LogP contribution in [0.1, 0.15) is 45.3 Å². The predicted octanol–water partition coefficient (Wildman–Crippen LogP) is 1.53. The molecule has 1 unspecified atom stereocenters. The number of likely N-dealkylation sites (tertiary alicyclic amines) is 1. The Kier molecular flexibility index (Phi) is 4.59. The van der Waals surface area contributed by atoms with E-state index in [1.807, 2.05) is 11.0 Å². The third kappa shape index (κ3) is 3.29. The van der Waals surface area contributed by atoms with Crippen LogP contribution >= 0.6 is 0 Å². The number of rotatable bonds is 3. The van der Waals surface area contributed by atoms with E-state index in [0.717, 1.165) is 25.1 Å². The first-order chi connectivity index (χ1) is 11.6. The second-order valence-electron chi connectivity index (χ2n) is 6.23. The van der Waals surface area contributed by atoms with Crippen LogP contribution < -0.4 is 0 Å². The van der Waals surface area contributed by atoms with Gasteiger partial charge in [0.25, 0.3) is 11.8 Å². The standard InChI is InChI=1S/C17H21N5O2/c1-21(2)16(23)12-5-6-14(18-10-12)13-4-3-9-22(11-13)17(24)15-7-8-19-20-15/h5-8,10,13H,3-4,9,11H2,1-2H3,(H,19,20). The van der Waals surface area contributed by atoms with Crippen molar-refractivity contribution < 1.29 is 9.59 Å². The van der Waals surface area contributed by atoms with Gasteiger partial charge >= 0.3 is 0 Å². The molecule has 0 aliphatic carbocycles. The molecule has 1 fully saturated rings. The van der Waals surface area contributed by atoms with E-state index in [0.29, 0.717) is 17.8 Å². The van der Waals surface area contributed by atoms with Crippen molar-refractivity contribution in [2.45, 2.75) is 18.8 Å². The van der Waals surface area contributed by atoms with E-state index in [-0.39, 0.29) is 17.7 Å². The first kappa shape index (κ1) is 16.2. The summed E-state index contributed by atoms with van der Waals surface area (Å²) >= 11 is 0. The number of pyridine rings is 1. The lowest BCUT2D eigenvalue weighted by molar-refractivity contribution is 0.0699. The third-order valence-electron chi connectivity index (χ3n) is 4.30. The van der Waals surface area contributed by atoms with Gasteiger partial charge in [0.2, 0.25) is 0 Å². The van der Waals surface area contributed by atoms with Crippen LogP contribution in [0.15, 0.2) is 30.6 Å². The molecular weight excluding hydrogens is 306 g/mol. The van der Waals surface area contributed by atoms with Crippen molar-refractivity contribution in [2.24, 2.45) is 0 Å². The molecule has 1 saturated heterocycles. The van der Waals surface area contributed by atoms with Crippen molar-refractivity contribution in [2.75, 3.05) is 27.2 Å². The maximum absolute atomic E-state index is 12.4. The van der Waals surface area contributed by atoms with Gasteiger partial charge < -0.3 is 9.80 Å². The van der Waals surface area contributed by atoms with Crippen LogP contribution in [-0.2, 0) is 0 Å². The van der Waals surface area contributed by atoms with E-state index in [2.05, 4.69) is 15.2 Å². The quantitative estimate of drug-likeness (QED) is 0.927. The zero-order chi connectivity index (χ0) is 17.1. The van der Waals surface area contributed by atoms with Crippen LogP contribution in [0.25, 0.3) is 0 Å². The van der Waals surface area contributed by atoms with Gasteiger partial charge in [-0.1, -0.05) is 0 Å². The van der Waals surface area contributed by atoms with Crippen molar-refractivity contribution >= 4 is 11.8 Å². The summed E-state index contributed by atoms with van der Waals surface area (Å²) in [6.45, 7) is 1.37. The van der Waals surface area contributed by atoms with Crippen molar-refractivity contribution in [3.8, 4) is 0 Å². The normalized spacial score (nSPS) is 17.6. The molecule has 3 heterocycles. The topological polar surface area (TPSA) is 82.2 Å². The Bertz CT molecular complexity index is 709. The minimum Gasteiger partial charge on any atom is -0.345 e. The van der Waals surface area contributed by atoms with Crippen LogP contribution in [-0.4, -0.2) is 64.0 Å². The van der Waals surface area contributed by atoms with Gasteiger partial charge in [-0.25, -0.2) is 0 Å². The van der Waals surface area contributed by atoms with Crippen LogP contribution in [0.3, 0.4) is 0 Å². The van der Waals surface area contributed by atoms with Gasteiger partial charge in [0.1, 0.15) is 5.69 Å². The lowest BCUT2D eigenvalue weighted by Crippen LogP contribution is -2.39. The SMILES string of the molecule is CN(C)C(=O)c1ccc(C2CCCN(C(=O)c3ccn[nH]3)C2)nc1. The molecule has 0 aromatic carbocycles. The monoisotopic (exact) mass is 327 g/mol. The summed E-state index contributed by atoms with van der Waals surface area (Å²) < 4.78 is 0. The predicted molar refractivity (Wildman–Crippen MR) is 88.7 cm³/mol. The number of aromatic amines is 1. The molecule has 3 rings (SSSR count). The molecule has 1 aliphatic rings. The summed E-state index contributed by atoms with van der Waals surface area (Å²) in [4.78, 5) is 32.2. The lowest BCUT2D eigenvalue weighted by Gasteiger charge is -2.32.